The monoisotopic (exact) mass is 335 g/mol. The first kappa shape index (κ1) is 16.7. The minimum absolute atomic E-state index is 0.0639. The van der Waals surface area contributed by atoms with Gasteiger partial charge in [0.2, 0.25) is 0 Å². The highest BCUT2D eigenvalue weighted by Crippen LogP contribution is 2.36. The van der Waals surface area contributed by atoms with E-state index in [9.17, 15) is 22.8 Å². The number of aromatic nitrogens is 1. The summed E-state index contributed by atoms with van der Waals surface area (Å²) in [5.74, 6) is -0.464. The van der Waals surface area contributed by atoms with E-state index in [1.54, 1.807) is 27.7 Å². The van der Waals surface area contributed by atoms with E-state index in [4.69, 9.17) is 0 Å². The lowest BCUT2D eigenvalue weighted by molar-refractivity contribution is -0.140. The molecule has 1 saturated heterocycles. The Hall–Kier alpha value is -1.64. The summed E-state index contributed by atoms with van der Waals surface area (Å²) in [6.45, 7) is 6.76. The van der Waals surface area contributed by atoms with Crippen molar-refractivity contribution in [2.75, 3.05) is 0 Å². The number of amides is 3. The van der Waals surface area contributed by atoms with Crippen LogP contribution in [0.4, 0.5) is 18.0 Å². The van der Waals surface area contributed by atoms with Crippen LogP contribution in [0.1, 0.15) is 38.4 Å². The molecule has 1 aromatic heterocycles. The van der Waals surface area contributed by atoms with Gasteiger partial charge in [0.15, 0.2) is 5.69 Å². The van der Waals surface area contributed by atoms with Gasteiger partial charge in [-0.25, -0.2) is 9.78 Å². The molecule has 1 unspecified atom stereocenters. The number of nitrogens with one attached hydrogen (secondary N) is 1. The SMILES string of the molecule is CC(C)(C)C1(C)NC(=O)N(Cc2nc(C(F)(F)F)cs2)C1=O. The zero-order valence-corrected chi connectivity index (χ0v) is 13.4. The summed E-state index contributed by atoms with van der Waals surface area (Å²) >= 11 is 0.770. The molecular formula is C13H16F3N3O2S. The zero-order chi connectivity index (χ0) is 16.9. The first-order chi connectivity index (χ1) is 9.86. The highest BCUT2D eigenvalue weighted by molar-refractivity contribution is 7.09. The number of carbonyl (C=O) groups is 2. The van der Waals surface area contributed by atoms with E-state index in [2.05, 4.69) is 10.3 Å². The molecule has 0 aromatic carbocycles. The highest BCUT2D eigenvalue weighted by atomic mass is 32.1. The number of rotatable bonds is 2. The first-order valence-corrected chi connectivity index (χ1v) is 7.40. The molecule has 3 amide bonds. The van der Waals surface area contributed by atoms with Gasteiger partial charge in [-0.2, -0.15) is 13.2 Å². The molecule has 1 atom stereocenters. The second kappa shape index (κ2) is 4.94. The summed E-state index contributed by atoms with van der Waals surface area (Å²) in [4.78, 5) is 28.8. The van der Waals surface area contributed by atoms with Gasteiger partial charge in [0.1, 0.15) is 10.5 Å². The van der Waals surface area contributed by atoms with Crippen LogP contribution in [-0.2, 0) is 17.5 Å². The van der Waals surface area contributed by atoms with E-state index in [1.807, 2.05) is 0 Å². The van der Waals surface area contributed by atoms with Crippen molar-refractivity contribution in [3.05, 3.63) is 16.1 Å². The summed E-state index contributed by atoms with van der Waals surface area (Å²) in [6, 6.07) is -0.619. The zero-order valence-electron chi connectivity index (χ0n) is 12.5. The largest absolute Gasteiger partial charge is 0.434 e. The molecule has 5 nitrogen and oxygen atoms in total. The van der Waals surface area contributed by atoms with E-state index in [-0.39, 0.29) is 11.6 Å². The van der Waals surface area contributed by atoms with Gasteiger partial charge in [0.05, 0.1) is 6.54 Å². The van der Waals surface area contributed by atoms with Crippen LogP contribution in [0.15, 0.2) is 5.38 Å². The van der Waals surface area contributed by atoms with Crippen LogP contribution in [0, 0.1) is 5.41 Å². The van der Waals surface area contributed by atoms with Gasteiger partial charge in [-0.3, -0.25) is 9.69 Å². The minimum Gasteiger partial charge on any atom is -0.323 e. The number of urea groups is 1. The number of imide groups is 1. The molecule has 1 fully saturated rings. The third-order valence-electron chi connectivity index (χ3n) is 3.91. The van der Waals surface area contributed by atoms with E-state index in [0.717, 1.165) is 21.6 Å². The quantitative estimate of drug-likeness (QED) is 0.845. The highest BCUT2D eigenvalue weighted by Gasteiger charge is 2.54. The van der Waals surface area contributed by atoms with Gasteiger partial charge in [-0.1, -0.05) is 20.8 Å². The van der Waals surface area contributed by atoms with Crippen molar-refractivity contribution in [3.63, 3.8) is 0 Å². The van der Waals surface area contributed by atoms with Crippen molar-refractivity contribution in [3.8, 4) is 0 Å². The maximum absolute atomic E-state index is 12.5. The molecule has 1 aromatic rings. The van der Waals surface area contributed by atoms with Crippen LogP contribution in [0.25, 0.3) is 0 Å². The van der Waals surface area contributed by atoms with Crippen LogP contribution in [0.2, 0.25) is 0 Å². The molecule has 122 valence electrons. The summed E-state index contributed by atoms with van der Waals surface area (Å²) in [5, 5.41) is 3.56. The Morgan fingerprint density at radius 3 is 2.32 bits per heavy atom. The molecule has 22 heavy (non-hydrogen) atoms. The lowest BCUT2D eigenvalue weighted by Gasteiger charge is -2.35. The molecule has 9 heteroatoms. The predicted octanol–water partition coefficient (Wildman–Crippen LogP) is 3.02. The summed E-state index contributed by atoms with van der Waals surface area (Å²) < 4.78 is 37.6. The summed E-state index contributed by atoms with van der Waals surface area (Å²) in [7, 11) is 0. The standard InChI is InChI=1S/C13H16F3N3O2S/c1-11(2,3)12(4)9(20)19(10(21)18-12)5-8-17-7(6-22-8)13(14,15)16/h6H,5H2,1-4H3,(H,18,21). The molecule has 0 radical (unpaired) electrons. The van der Waals surface area contributed by atoms with Gasteiger partial charge >= 0.3 is 12.2 Å². The summed E-state index contributed by atoms with van der Waals surface area (Å²) in [5.41, 5.74) is -2.65. The average Bonchev–Trinajstić information content (AvgIpc) is 2.88. The lowest BCUT2D eigenvalue weighted by atomic mass is 9.75. The van der Waals surface area contributed by atoms with Crippen molar-refractivity contribution >= 4 is 23.3 Å². The van der Waals surface area contributed by atoms with Crippen molar-refractivity contribution in [2.24, 2.45) is 5.41 Å². The van der Waals surface area contributed by atoms with Gasteiger partial charge in [0.25, 0.3) is 5.91 Å². The summed E-state index contributed by atoms with van der Waals surface area (Å²) in [6.07, 6.45) is -4.54. The van der Waals surface area contributed by atoms with Crippen molar-refractivity contribution in [1.82, 2.24) is 15.2 Å². The second-order valence-corrected chi connectivity index (χ2v) is 7.26. The van der Waals surface area contributed by atoms with Crippen LogP contribution in [0.5, 0.6) is 0 Å². The number of halogens is 3. The third kappa shape index (κ3) is 2.69. The molecule has 0 aliphatic carbocycles. The number of alkyl halides is 3. The van der Waals surface area contributed by atoms with Crippen LogP contribution < -0.4 is 5.32 Å². The van der Waals surface area contributed by atoms with E-state index in [0.29, 0.717) is 0 Å². The molecule has 2 rings (SSSR count). The number of thiazole rings is 1. The Labute approximate surface area is 129 Å². The fourth-order valence-electron chi connectivity index (χ4n) is 2.00. The lowest BCUT2D eigenvalue weighted by Crippen LogP contribution is -2.54. The van der Waals surface area contributed by atoms with Crippen LogP contribution in [0.3, 0.4) is 0 Å². The Morgan fingerprint density at radius 2 is 1.91 bits per heavy atom. The fourth-order valence-corrected chi connectivity index (χ4v) is 2.79. The number of hydrogen-bond acceptors (Lipinski definition) is 4. The molecule has 1 aliphatic rings. The molecule has 1 N–H and O–H groups in total. The smallest absolute Gasteiger partial charge is 0.323 e. The maximum atomic E-state index is 12.5. The Bertz CT molecular complexity index is 621. The normalized spacial score (nSPS) is 23.1. The first-order valence-electron chi connectivity index (χ1n) is 6.52. The predicted molar refractivity (Wildman–Crippen MR) is 74.1 cm³/mol. The minimum atomic E-state index is -4.54. The van der Waals surface area contributed by atoms with Crippen LogP contribution >= 0.6 is 11.3 Å². The fraction of sp³-hybridized carbons (Fsp3) is 0.615. The van der Waals surface area contributed by atoms with Gasteiger partial charge < -0.3 is 5.32 Å². The van der Waals surface area contributed by atoms with Crippen molar-refractivity contribution < 1.29 is 22.8 Å². The van der Waals surface area contributed by atoms with E-state index >= 15 is 0 Å². The molecule has 1 aliphatic heterocycles. The van der Waals surface area contributed by atoms with E-state index < -0.39 is 34.8 Å². The van der Waals surface area contributed by atoms with Crippen molar-refractivity contribution in [1.29, 1.82) is 0 Å². The second-order valence-electron chi connectivity index (χ2n) is 6.32. The Morgan fingerprint density at radius 1 is 1.32 bits per heavy atom. The van der Waals surface area contributed by atoms with Crippen molar-refractivity contribution in [2.45, 2.75) is 46.0 Å². The topological polar surface area (TPSA) is 62.3 Å². The molecule has 0 saturated carbocycles. The van der Waals surface area contributed by atoms with Gasteiger partial charge in [-0.15, -0.1) is 11.3 Å². The average molecular weight is 335 g/mol. The number of hydrogen-bond donors (Lipinski definition) is 1. The number of carbonyl (C=O) groups excluding carboxylic acids is 2. The Kier molecular flexibility index (Phi) is 3.75. The Balaban J connectivity index is 2.22. The molecule has 0 bridgehead atoms. The van der Waals surface area contributed by atoms with Crippen LogP contribution in [-0.4, -0.2) is 27.4 Å². The van der Waals surface area contributed by atoms with Gasteiger partial charge in [0, 0.05) is 5.38 Å². The third-order valence-corrected chi connectivity index (χ3v) is 4.74. The number of nitrogens with zero attached hydrogens (tertiary/aromatic N) is 2. The van der Waals surface area contributed by atoms with E-state index in [1.165, 1.54) is 0 Å². The van der Waals surface area contributed by atoms with Gasteiger partial charge in [-0.05, 0) is 12.3 Å². The molecular weight excluding hydrogens is 319 g/mol. The maximum Gasteiger partial charge on any atom is 0.434 e. The molecule has 0 spiro atoms. The molecule has 2 heterocycles.